The molecule has 0 bridgehead atoms. The van der Waals surface area contributed by atoms with Crippen molar-refractivity contribution in [3.05, 3.63) is 35.9 Å². The van der Waals surface area contributed by atoms with Crippen LogP contribution in [0.2, 0.25) is 0 Å². The third kappa shape index (κ3) is 3.14. The fraction of sp³-hybridized carbons (Fsp3) is 0.400. The molecule has 0 aliphatic carbocycles. The average molecular weight is 229 g/mol. The predicted molar refractivity (Wildman–Crippen MR) is 59.7 cm³/mol. The van der Waals surface area contributed by atoms with E-state index in [1.807, 2.05) is 18.2 Å². The molecule has 0 aliphatic heterocycles. The minimum atomic E-state index is -3.64. The number of benzene rings is 1. The van der Waals surface area contributed by atoms with Crippen LogP contribution in [-0.2, 0) is 9.09 Å². The van der Waals surface area contributed by atoms with E-state index in [1.54, 1.807) is 26.1 Å². The van der Waals surface area contributed by atoms with Crippen LogP contribution in [0.25, 0.3) is 0 Å². The number of rotatable bonds is 5. The Morgan fingerprint density at radius 3 is 2.53 bits per heavy atom. The Kier molecular flexibility index (Phi) is 4.48. The third-order valence-electron chi connectivity index (χ3n) is 2.03. The van der Waals surface area contributed by atoms with E-state index in [1.165, 1.54) is 0 Å². The second-order valence-electron chi connectivity index (χ2n) is 3.08. The van der Waals surface area contributed by atoms with Gasteiger partial charge >= 0.3 is 7.60 Å². The molecular formula is C10H16NO3P. The Balaban J connectivity index is 2.94. The normalized spacial score (nSPS) is 17.0. The molecule has 2 atom stereocenters. The van der Waals surface area contributed by atoms with Crippen LogP contribution in [0.3, 0.4) is 0 Å². The molecule has 2 N–H and O–H groups in total. The number of hydrogen-bond acceptors (Lipinski definition) is 3. The van der Waals surface area contributed by atoms with Crippen LogP contribution in [0.4, 0.5) is 0 Å². The van der Waals surface area contributed by atoms with E-state index in [2.05, 4.69) is 5.32 Å². The molecule has 0 spiro atoms. The summed E-state index contributed by atoms with van der Waals surface area (Å²) in [5, 5.41) is 2.81. The zero-order chi connectivity index (χ0) is 11.3. The highest BCUT2D eigenvalue weighted by atomic mass is 31.2. The third-order valence-corrected chi connectivity index (χ3v) is 3.87. The fourth-order valence-corrected chi connectivity index (χ4v) is 2.81. The maximum absolute atomic E-state index is 11.8. The lowest BCUT2D eigenvalue weighted by atomic mass is 10.2. The maximum Gasteiger partial charge on any atom is 0.349 e. The van der Waals surface area contributed by atoms with Crippen molar-refractivity contribution in [3.8, 4) is 0 Å². The van der Waals surface area contributed by atoms with Crippen LogP contribution in [0.1, 0.15) is 18.3 Å². The molecule has 1 aromatic rings. The topological polar surface area (TPSA) is 58.6 Å². The first-order chi connectivity index (χ1) is 7.11. The average Bonchev–Trinajstić information content (AvgIpc) is 2.19. The van der Waals surface area contributed by atoms with E-state index < -0.39 is 13.4 Å². The Bertz CT molecular complexity index is 342. The van der Waals surface area contributed by atoms with E-state index in [4.69, 9.17) is 4.52 Å². The van der Waals surface area contributed by atoms with Crippen molar-refractivity contribution in [1.82, 2.24) is 5.32 Å². The highest BCUT2D eigenvalue weighted by Crippen LogP contribution is 2.54. The lowest BCUT2D eigenvalue weighted by molar-refractivity contribution is 0.260. The van der Waals surface area contributed by atoms with Gasteiger partial charge < -0.3 is 14.7 Å². The molecule has 0 fully saturated rings. The van der Waals surface area contributed by atoms with Crippen LogP contribution in [-0.4, -0.2) is 18.5 Å². The lowest BCUT2D eigenvalue weighted by Gasteiger charge is -2.21. The van der Waals surface area contributed by atoms with Crippen molar-refractivity contribution in [2.75, 3.05) is 13.7 Å². The van der Waals surface area contributed by atoms with Gasteiger partial charge in [0.1, 0.15) is 5.78 Å². The Hall–Kier alpha value is -0.670. The van der Waals surface area contributed by atoms with Gasteiger partial charge in [-0.1, -0.05) is 30.3 Å². The molecule has 0 radical (unpaired) electrons. The monoisotopic (exact) mass is 229 g/mol. The minimum Gasteiger partial charge on any atom is -0.323 e. The van der Waals surface area contributed by atoms with Crippen molar-refractivity contribution in [2.45, 2.75) is 12.7 Å². The van der Waals surface area contributed by atoms with Gasteiger partial charge in [0, 0.05) is 0 Å². The van der Waals surface area contributed by atoms with Gasteiger partial charge in [-0.15, -0.1) is 0 Å². The molecular weight excluding hydrogens is 213 g/mol. The quantitative estimate of drug-likeness (QED) is 0.759. The van der Waals surface area contributed by atoms with E-state index >= 15 is 0 Å². The molecule has 15 heavy (non-hydrogen) atoms. The highest BCUT2D eigenvalue weighted by Gasteiger charge is 2.31. The molecule has 0 amide bonds. The summed E-state index contributed by atoms with van der Waals surface area (Å²) in [6.07, 6.45) is 0. The zero-order valence-corrected chi connectivity index (χ0v) is 9.78. The molecule has 0 saturated carbocycles. The molecule has 5 heteroatoms. The first-order valence-electron chi connectivity index (χ1n) is 4.81. The van der Waals surface area contributed by atoms with Gasteiger partial charge in [-0.2, -0.15) is 0 Å². The van der Waals surface area contributed by atoms with E-state index in [9.17, 15) is 9.46 Å². The summed E-state index contributed by atoms with van der Waals surface area (Å²) in [4.78, 5) is 9.70. The lowest BCUT2D eigenvalue weighted by Crippen LogP contribution is -2.17. The van der Waals surface area contributed by atoms with Gasteiger partial charge in [0.05, 0.1) is 6.61 Å². The molecule has 0 saturated heterocycles. The Morgan fingerprint density at radius 1 is 1.47 bits per heavy atom. The second-order valence-corrected chi connectivity index (χ2v) is 4.99. The molecule has 1 rings (SSSR count). The maximum atomic E-state index is 11.8. The van der Waals surface area contributed by atoms with Gasteiger partial charge in [0.2, 0.25) is 0 Å². The SMILES string of the molecule is CCOP(=O)(O)C(NC)c1ccccc1. The smallest absolute Gasteiger partial charge is 0.323 e. The Morgan fingerprint density at radius 2 is 2.07 bits per heavy atom. The van der Waals surface area contributed by atoms with Gasteiger partial charge in [0.15, 0.2) is 0 Å². The van der Waals surface area contributed by atoms with E-state index in [-0.39, 0.29) is 6.61 Å². The molecule has 4 nitrogen and oxygen atoms in total. The van der Waals surface area contributed by atoms with Crippen molar-refractivity contribution in [1.29, 1.82) is 0 Å². The molecule has 0 heterocycles. The standard InChI is InChI=1S/C10H16NO3P/c1-3-14-15(12,13)10(11-2)9-7-5-4-6-8-9/h4-8,10-11H,3H2,1-2H3,(H,12,13). The second kappa shape index (κ2) is 5.42. The zero-order valence-electron chi connectivity index (χ0n) is 8.88. The number of hydrogen-bond donors (Lipinski definition) is 2. The van der Waals surface area contributed by atoms with Gasteiger partial charge in [-0.05, 0) is 19.5 Å². The molecule has 2 unspecified atom stereocenters. The fourth-order valence-electron chi connectivity index (χ4n) is 1.41. The van der Waals surface area contributed by atoms with Crippen LogP contribution in [0.15, 0.2) is 30.3 Å². The van der Waals surface area contributed by atoms with Crippen LogP contribution >= 0.6 is 7.60 Å². The van der Waals surface area contributed by atoms with Crippen LogP contribution in [0.5, 0.6) is 0 Å². The summed E-state index contributed by atoms with van der Waals surface area (Å²) in [6.45, 7) is 1.92. The van der Waals surface area contributed by atoms with Crippen molar-refractivity contribution in [2.24, 2.45) is 0 Å². The van der Waals surface area contributed by atoms with Crippen molar-refractivity contribution in [3.63, 3.8) is 0 Å². The molecule has 0 aliphatic rings. The summed E-state index contributed by atoms with van der Waals surface area (Å²) in [5.74, 6) is -0.668. The summed E-state index contributed by atoms with van der Waals surface area (Å²) in [5.41, 5.74) is 0.749. The summed E-state index contributed by atoms with van der Waals surface area (Å²) in [6, 6.07) is 9.10. The van der Waals surface area contributed by atoms with Gasteiger partial charge in [-0.3, -0.25) is 4.57 Å². The van der Waals surface area contributed by atoms with Crippen LogP contribution < -0.4 is 5.32 Å². The Labute approximate surface area is 89.8 Å². The minimum absolute atomic E-state index is 0.221. The number of nitrogens with one attached hydrogen (secondary N) is 1. The van der Waals surface area contributed by atoms with Crippen molar-refractivity contribution < 1.29 is 14.0 Å². The molecule has 84 valence electrons. The first kappa shape index (κ1) is 12.4. The highest BCUT2D eigenvalue weighted by molar-refractivity contribution is 7.53. The van der Waals surface area contributed by atoms with Crippen LogP contribution in [0, 0.1) is 0 Å². The van der Waals surface area contributed by atoms with Gasteiger partial charge in [-0.25, -0.2) is 0 Å². The summed E-state index contributed by atoms with van der Waals surface area (Å²) in [7, 11) is -2.00. The first-order valence-corrected chi connectivity index (χ1v) is 6.45. The molecule has 0 aromatic heterocycles. The summed E-state index contributed by atoms with van der Waals surface area (Å²) >= 11 is 0. The largest absolute Gasteiger partial charge is 0.349 e. The predicted octanol–water partition coefficient (Wildman–Crippen LogP) is 2.13. The van der Waals surface area contributed by atoms with E-state index in [0.717, 1.165) is 5.56 Å². The summed E-state index contributed by atoms with van der Waals surface area (Å²) < 4.78 is 16.7. The van der Waals surface area contributed by atoms with E-state index in [0.29, 0.717) is 0 Å². The van der Waals surface area contributed by atoms with Gasteiger partial charge in [0.25, 0.3) is 0 Å². The molecule has 1 aromatic carbocycles. The van der Waals surface area contributed by atoms with Crippen molar-refractivity contribution >= 4 is 7.60 Å².